The normalized spacial score (nSPS) is 10.2. The molecule has 0 amide bonds. The van der Waals surface area contributed by atoms with Crippen molar-refractivity contribution < 1.29 is 19.2 Å². The molecule has 2 N–H and O–H groups in total. The molecule has 0 saturated carbocycles. The Labute approximate surface area is 167 Å². The number of hydrogen-bond acceptors (Lipinski definition) is 7. The van der Waals surface area contributed by atoms with Crippen molar-refractivity contribution in [3.63, 3.8) is 0 Å². The number of carbonyl (C=O) groups is 1. The van der Waals surface area contributed by atoms with Gasteiger partial charge in [-0.1, -0.05) is 30.3 Å². The van der Waals surface area contributed by atoms with E-state index in [1.807, 2.05) is 48.5 Å². The molecular formula is C21H19N3O5. The van der Waals surface area contributed by atoms with E-state index in [4.69, 9.17) is 9.47 Å². The van der Waals surface area contributed by atoms with Crippen molar-refractivity contribution in [2.24, 2.45) is 0 Å². The number of anilines is 1. The van der Waals surface area contributed by atoms with Crippen molar-refractivity contribution in [3.05, 3.63) is 94.0 Å². The number of para-hydroxylation sites is 1. The zero-order chi connectivity index (χ0) is 20.6. The van der Waals surface area contributed by atoms with Crippen LogP contribution in [-0.4, -0.2) is 18.0 Å². The molecular weight excluding hydrogens is 374 g/mol. The highest BCUT2D eigenvalue weighted by molar-refractivity contribution is 5.93. The van der Waals surface area contributed by atoms with Crippen molar-refractivity contribution in [1.82, 2.24) is 5.43 Å². The molecule has 3 aromatic carbocycles. The van der Waals surface area contributed by atoms with Gasteiger partial charge in [-0.15, -0.1) is 0 Å². The minimum Gasteiger partial charge on any atom is -0.465 e. The Hall–Kier alpha value is -3.91. The molecule has 0 unspecified atom stereocenters. The van der Waals surface area contributed by atoms with Gasteiger partial charge in [-0.25, -0.2) is 10.2 Å². The van der Waals surface area contributed by atoms with Crippen LogP contribution < -0.4 is 15.6 Å². The van der Waals surface area contributed by atoms with Crippen molar-refractivity contribution >= 4 is 17.3 Å². The van der Waals surface area contributed by atoms with E-state index in [9.17, 15) is 14.9 Å². The summed E-state index contributed by atoms with van der Waals surface area (Å²) in [4.78, 5) is 22.4. The Bertz CT molecular complexity index is 1010. The Balaban J connectivity index is 1.72. The number of ether oxygens (including phenoxy) is 2. The number of rotatable bonds is 8. The third kappa shape index (κ3) is 5.30. The number of carbonyl (C=O) groups excluding carboxylic acids is 1. The van der Waals surface area contributed by atoms with Crippen LogP contribution in [0.2, 0.25) is 0 Å². The van der Waals surface area contributed by atoms with Gasteiger partial charge in [0.1, 0.15) is 17.1 Å². The number of nitrogens with zero attached hydrogens (tertiary/aromatic N) is 1. The van der Waals surface area contributed by atoms with Crippen LogP contribution in [-0.2, 0) is 11.3 Å². The average Bonchev–Trinajstić information content (AvgIpc) is 2.74. The molecule has 0 fully saturated rings. The van der Waals surface area contributed by atoms with E-state index in [0.717, 1.165) is 17.3 Å². The fraction of sp³-hybridized carbons (Fsp3) is 0.0952. The number of esters is 1. The number of nitro groups is 1. The van der Waals surface area contributed by atoms with E-state index >= 15 is 0 Å². The summed E-state index contributed by atoms with van der Waals surface area (Å²) in [6.45, 7) is 0.524. The van der Waals surface area contributed by atoms with Crippen molar-refractivity contribution in [2.45, 2.75) is 6.54 Å². The van der Waals surface area contributed by atoms with Crippen LogP contribution >= 0.6 is 0 Å². The zero-order valence-corrected chi connectivity index (χ0v) is 15.6. The molecule has 3 rings (SSSR count). The van der Waals surface area contributed by atoms with Gasteiger partial charge in [-0.2, -0.15) is 0 Å². The summed E-state index contributed by atoms with van der Waals surface area (Å²) in [5.74, 6) is -0.0495. The predicted molar refractivity (Wildman–Crippen MR) is 108 cm³/mol. The third-order valence-electron chi connectivity index (χ3n) is 4.00. The molecule has 0 bridgehead atoms. The van der Waals surface area contributed by atoms with E-state index in [1.165, 1.54) is 19.2 Å². The molecule has 29 heavy (non-hydrogen) atoms. The SMILES string of the molecule is COC(=O)c1cc([N+](=O)[O-])ccc1Oc1cccc(CNNc2ccccc2)c1. The maximum Gasteiger partial charge on any atom is 0.341 e. The first kappa shape index (κ1) is 19.8. The summed E-state index contributed by atoms with van der Waals surface area (Å²) in [7, 11) is 1.21. The number of benzene rings is 3. The molecule has 0 spiro atoms. The second-order valence-corrected chi connectivity index (χ2v) is 6.02. The summed E-state index contributed by atoms with van der Waals surface area (Å²) in [6, 6.07) is 20.8. The number of hydrazine groups is 1. The molecule has 0 aromatic heterocycles. The highest BCUT2D eigenvalue weighted by Crippen LogP contribution is 2.29. The lowest BCUT2D eigenvalue weighted by atomic mass is 10.1. The van der Waals surface area contributed by atoms with Crippen LogP contribution in [0.15, 0.2) is 72.8 Å². The standard InChI is InChI=1S/C21H19N3O5/c1-28-21(25)19-13-17(24(26)27)10-11-20(19)29-18-9-5-6-15(12-18)14-22-23-16-7-3-2-4-8-16/h2-13,22-23H,14H2,1H3. The molecule has 148 valence electrons. The van der Waals surface area contributed by atoms with Crippen LogP contribution in [0.3, 0.4) is 0 Å². The van der Waals surface area contributed by atoms with Gasteiger partial charge >= 0.3 is 5.97 Å². The van der Waals surface area contributed by atoms with Gasteiger partial charge in [0.25, 0.3) is 5.69 Å². The van der Waals surface area contributed by atoms with Gasteiger partial charge in [-0.05, 0) is 35.9 Å². The molecule has 0 aliphatic rings. The lowest BCUT2D eigenvalue weighted by Crippen LogP contribution is -2.20. The highest BCUT2D eigenvalue weighted by atomic mass is 16.6. The zero-order valence-electron chi connectivity index (χ0n) is 15.6. The average molecular weight is 393 g/mol. The molecule has 0 radical (unpaired) electrons. The molecule has 8 nitrogen and oxygen atoms in total. The van der Waals surface area contributed by atoms with Gasteiger partial charge in [-0.3, -0.25) is 10.1 Å². The first-order valence-corrected chi connectivity index (χ1v) is 8.74. The third-order valence-corrected chi connectivity index (χ3v) is 4.00. The molecule has 8 heteroatoms. The van der Waals surface area contributed by atoms with Gasteiger partial charge in [0, 0.05) is 24.4 Å². The molecule has 3 aromatic rings. The Morgan fingerprint density at radius 3 is 2.55 bits per heavy atom. The smallest absolute Gasteiger partial charge is 0.341 e. The molecule has 0 atom stereocenters. The molecule has 0 heterocycles. The minimum atomic E-state index is -0.714. The Kier molecular flexibility index (Phi) is 6.39. The van der Waals surface area contributed by atoms with E-state index in [0.29, 0.717) is 12.3 Å². The predicted octanol–water partition coefficient (Wildman–Crippen LogP) is 4.29. The lowest BCUT2D eigenvalue weighted by Gasteiger charge is -2.12. The molecule has 0 aliphatic carbocycles. The number of nitrogens with one attached hydrogen (secondary N) is 2. The van der Waals surface area contributed by atoms with Crippen molar-refractivity contribution in [3.8, 4) is 11.5 Å². The largest absolute Gasteiger partial charge is 0.465 e. The highest BCUT2D eigenvalue weighted by Gasteiger charge is 2.19. The van der Waals surface area contributed by atoms with E-state index in [-0.39, 0.29) is 17.0 Å². The van der Waals surface area contributed by atoms with E-state index in [1.54, 1.807) is 6.07 Å². The first-order valence-electron chi connectivity index (χ1n) is 8.74. The van der Waals surface area contributed by atoms with Crippen LogP contribution in [0.5, 0.6) is 11.5 Å². The van der Waals surface area contributed by atoms with Gasteiger partial charge in [0.15, 0.2) is 0 Å². The second kappa shape index (κ2) is 9.34. The lowest BCUT2D eigenvalue weighted by molar-refractivity contribution is -0.384. The summed E-state index contributed by atoms with van der Waals surface area (Å²) in [5.41, 5.74) is 7.85. The number of non-ortho nitro benzene ring substituents is 1. The van der Waals surface area contributed by atoms with Gasteiger partial charge in [0.05, 0.1) is 12.0 Å². The summed E-state index contributed by atoms with van der Waals surface area (Å²) in [6.07, 6.45) is 0. The summed E-state index contributed by atoms with van der Waals surface area (Å²) in [5, 5.41) is 11.0. The van der Waals surface area contributed by atoms with E-state index < -0.39 is 10.9 Å². The number of hydrogen-bond donors (Lipinski definition) is 2. The Morgan fingerprint density at radius 2 is 1.83 bits per heavy atom. The quantitative estimate of drug-likeness (QED) is 0.334. The van der Waals surface area contributed by atoms with Gasteiger partial charge in [0.2, 0.25) is 0 Å². The van der Waals surface area contributed by atoms with Crippen LogP contribution in [0, 0.1) is 10.1 Å². The van der Waals surface area contributed by atoms with Crippen molar-refractivity contribution in [2.75, 3.05) is 12.5 Å². The number of methoxy groups -OCH3 is 1. The fourth-order valence-electron chi connectivity index (χ4n) is 2.61. The second-order valence-electron chi connectivity index (χ2n) is 6.02. The van der Waals surface area contributed by atoms with E-state index in [2.05, 4.69) is 10.9 Å². The molecule has 0 aliphatic heterocycles. The van der Waals surface area contributed by atoms with Gasteiger partial charge < -0.3 is 14.9 Å². The minimum absolute atomic E-state index is 0.0176. The summed E-state index contributed by atoms with van der Waals surface area (Å²) < 4.78 is 10.5. The maximum absolute atomic E-state index is 12.0. The summed E-state index contributed by atoms with van der Waals surface area (Å²) >= 11 is 0. The topological polar surface area (TPSA) is 103 Å². The number of nitro benzene ring substituents is 1. The molecule has 0 saturated heterocycles. The van der Waals surface area contributed by atoms with Crippen molar-refractivity contribution in [1.29, 1.82) is 0 Å². The van der Waals surface area contributed by atoms with Crippen LogP contribution in [0.25, 0.3) is 0 Å². The van der Waals surface area contributed by atoms with Crippen LogP contribution in [0.1, 0.15) is 15.9 Å². The first-order chi connectivity index (χ1) is 14.1. The fourth-order valence-corrected chi connectivity index (χ4v) is 2.61. The maximum atomic E-state index is 12.0. The Morgan fingerprint density at radius 1 is 1.03 bits per heavy atom. The monoisotopic (exact) mass is 393 g/mol. The van der Waals surface area contributed by atoms with Crippen LogP contribution in [0.4, 0.5) is 11.4 Å².